The van der Waals surface area contributed by atoms with Crippen molar-refractivity contribution in [2.24, 2.45) is 11.8 Å². The predicted octanol–water partition coefficient (Wildman–Crippen LogP) is 5.78. The molecule has 1 aromatic rings. The fourth-order valence-corrected chi connectivity index (χ4v) is 5.51. The van der Waals surface area contributed by atoms with E-state index in [1.165, 1.54) is 0 Å². The van der Waals surface area contributed by atoms with E-state index in [-0.39, 0.29) is 27.1 Å². The van der Waals surface area contributed by atoms with Crippen LogP contribution in [0.25, 0.3) is 0 Å². The van der Waals surface area contributed by atoms with Crippen molar-refractivity contribution in [3.8, 4) is 0 Å². The first-order valence-electron chi connectivity index (χ1n) is 7.38. The molecule has 0 spiro atoms. The van der Waals surface area contributed by atoms with Crippen LogP contribution in [0.5, 0.6) is 0 Å². The Hall–Kier alpha value is -0.0300. The predicted molar refractivity (Wildman–Crippen MR) is 98.2 cm³/mol. The molecule has 13 heteroatoms. The van der Waals surface area contributed by atoms with E-state index in [4.69, 9.17) is 0 Å². The van der Waals surface area contributed by atoms with Crippen LogP contribution in [0.3, 0.4) is 0 Å². The first-order valence-corrected chi connectivity index (χ1v) is 10.4. The largest absolute Gasteiger partial charge is 0.416 e. The fourth-order valence-electron chi connectivity index (χ4n) is 2.53. The van der Waals surface area contributed by atoms with Gasteiger partial charge in [0.05, 0.1) is 17.2 Å². The van der Waals surface area contributed by atoms with Crippen LogP contribution in [0.4, 0.5) is 39.5 Å². The molecule has 0 bridgehead atoms. The summed E-state index contributed by atoms with van der Waals surface area (Å²) in [6.45, 7) is 0. The van der Waals surface area contributed by atoms with Gasteiger partial charge in [0.1, 0.15) is 0 Å². The van der Waals surface area contributed by atoms with Gasteiger partial charge in [-0.15, -0.1) is 0 Å². The maximum Gasteiger partial charge on any atom is 0.416 e. The third-order valence-electron chi connectivity index (χ3n) is 3.96. The SMILES string of the molecule is OC(c1cc(C(F)(F)F)cc(C(F)(F)F)c1)C(C(CI)CI)C(O)C(F)(F)F. The summed E-state index contributed by atoms with van der Waals surface area (Å²) in [7, 11) is 0. The zero-order valence-corrected chi connectivity index (χ0v) is 17.8. The molecule has 0 radical (unpaired) electrons. The summed E-state index contributed by atoms with van der Waals surface area (Å²) >= 11 is 3.33. The van der Waals surface area contributed by atoms with Crippen LogP contribution >= 0.6 is 45.2 Å². The topological polar surface area (TPSA) is 40.5 Å². The minimum Gasteiger partial charge on any atom is -0.388 e. The van der Waals surface area contributed by atoms with Gasteiger partial charge in [-0.1, -0.05) is 45.2 Å². The van der Waals surface area contributed by atoms with Crippen molar-refractivity contribution in [1.82, 2.24) is 0 Å². The van der Waals surface area contributed by atoms with Crippen molar-refractivity contribution >= 4 is 45.2 Å². The summed E-state index contributed by atoms with van der Waals surface area (Å²) in [5.41, 5.74) is -4.54. The van der Waals surface area contributed by atoms with Crippen LogP contribution in [-0.2, 0) is 12.4 Å². The molecule has 2 N–H and O–H groups in total. The van der Waals surface area contributed by atoms with Crippen molar-refractivity contribution in [1.29, 1.82) is 0 Å². The van der Waals surface area contributed by atoms with Gasteiger partial charge < -0.3 is 10.2 Å². The van der Waals surface area contributed by atoms with Gasteiger partial charge in [-0.2, -0.15) is 39.5 Å². The van der Waals surface area contributed by atoms with Crippen molar-refractivity contribution < 1.29 is 49.7 Å². The molecule has 28 heavy (non-hydrogen) atoms. The summed E-state index contributed by atoms with van der Waals surface area (Å²) in [5, 5.41) is 20.0. The van der Waals surface area contributed by atoms with Gasteiger partial charge in [0.2, 0.25) is 0 Å². The smallest absolute Gasteiger partial charge is 0.388 e. The highest BCUT2D eigenvalue weighted by Gasteiger charge is 2.49. The molecule has 1 rings (SSSR count). The van der Waals surface area contributed by atoms with Gasteiger partial charge >= 0.3 is 18.5 Å². The lowest BCUT2D eigenvalue weighted by Gasteiger charge is -2.34. The van der Waals surface area contributed by atoms with Crippen LogP contribution in [0.1, 0.15) is 22.8 Å². The van der Waals surface area contributed by atoms with Crippen molar-refractivity contribution in [3.63, 3.8) is 0 Å². The van der Waals surface area contributed by atoms with E-state index in [0.29, 0.717) is 0 Å². The number of halogens is 11. The van der Waals surface area contributed by atoms with Gasteiger partial charge in [0.15, 0.2) is 6.10 Å². The Balaban J connectivity index is 3.59. The summed E-state index contributed by atoms with van der Waals surface area (Å²) in [4.78, 5) is 0. The van der Waals surface area contributed by atoms with Gasteiger partial charge in [0.25, 0.3) is 0 Å². The lowest BCUT2D eigenvalue weighted by molar-refractivity contribution is -0.234. The molecule has 0 aliphatic carbocycles. The van der Waals surface area contributed by atoms with Crippen molar-refractivity contribution in [2.45, 2.75) is 30.7 Å². The Kier molecular flexibility index (Phi) is 8.74. The highest BCUT2D eigenvalue weighted by molar-refractivity contribution is 14.1. The second kappa shape index (κ2) is 9.41. The third kappa shape index (κ3) is 6.48. The Morgan fingerprint density at radius 2 is 1.14 bits per heavy atom. The lowest BCUT2D eigenvalue weighted by Crippen LogP contribution is -2.44. The molecule has 0 saturated heterocycles. The summed E-state index contributed by atoms with van der Waals surface area (Å²) in [5.74, 6) is -3.09. The number of aliphatic hydroxyl groups is 2. The van der Waals surface area contributed by atoms with Crippen LogP contribution in [0.15, 0.2) is 18.2 Å². The van der Waals surface area contributed by atoms with Crippen LogP contribution in [0.2, 0.25) is 0 Å². The first kappa shape index (κ1) is 26.0. The number of alkyl halides is 11. The molecule has 0 fully saturated rings. The third-order valence-corrected chi connectivity index (χ3v) is 6.22. The van der Waals surface area contributed by atoms with E-state index in [0.717, 1.165) is 0 Å². The van der Waals surface area contributed by atoms with Gasteiger partial charge in [-0.3, -0.25) is 0 Å². The normalized spacial score (nSPS) is 16.9. The number of benzene rings is 1. The standard InChI is InChI=1S/C15H13F9I2O2/c16-13(17,18)8-1-6(2-9(3-8)14(19,20)21)11(27)10(7(4-25)5-26)12(28)15(22,23)24/h1-3,7,10-12,27-28H,4-5H2. The molecule has 1 aromatic carbocycles. The van der Waals surface area contributed by atoms with Crippen LogP contribution < -0.4 is 0 Å². The second-order valence-corrected chi connectivity index (χ2v) is 7.68. The maximum atomic E-state index is 13.0. The number of aliphatic hydroxyl groups excluding tert-OH is 2. The molecule has 0 heterocycles. The van der Waals surface area contributed by atoms with Gasteiger partial charge in [0, 0.05) is 14.8 Å². The molecular formula is C15H13F9I2O2. The van der Waals surface area contributed by atoms with Gasteiger partial charge in [-0.25, -0.2) is 0 Å². The quantitative estimate of drug-likeness (QED) is 0.233. The molecule has 2 nitrogen and oxygen atoms in total. The van der Waals surface area contributed by atoms with Gasteiger partial charge in [-0.05, 0) is 29.7 Å². The molecule has 0 aromatic heterocycles. The van der Waals surface area contributed by atoms with E-state index < -0.39 is 59.3 Å². The average molecular weight is 650 g/mol. The molecule has 3 unspecified atom stereocenters. The van der Waals surface area contributed by atoms with Crippen LogP contribution in [0, 0.1) is 11.8 Å². The fraction of sp³-hybridized carbons (Fsp3) is 0.600. The first-order chi connectivity index (χ1) is 12.5. The average Bonchev–Trinajstić information content (AvgIpc) is 2.55. The monoisotopic (exact) mass is 650 g/mol. The zero-order valence-electron chi connectivity index (χ0n) is 13.5. The van der Waals surface area contributed by atoms with E-state index in [1.54, 1.807) is 45.2 Å². The van der Waals surface area contributed by atoms with Crippen LogP contribution in [-0.4, -0.2) is 31.3 Å². The zero-order chi connectivity index (χ0) is 22.1. The summed E-state index contributed by atoms with van der Waals surface area (Å²) in [6.07, 6.45) is -21.2. The summed E-state index contributed by atoms with van der Waals surface area (Å²) < 4.78 is 117. The minimum atomic E-state index is -5.23. The molecule has 0 amide bonds. The molecule has 3 atom stereocenters. The number of rotatable bonds is 6. The Morgan fingerprint density at radius 3 is 1.43 bits per heavy atom. The van der Waals surface area contributed by atoms with Crippen molar-refractivity contribution in [3.05, 3.63) is 34.9 Å². The molecule has 0 saturated carbocycles. The van der Waals surface area contributed by atoms with E-state index in [9.17, 15) is 49.7 Å². The van der Waals surface area contributed by atoms with E-state index in [1.807, 2.05) is 0 Å². The second-order valence-electron chi connectivity index (χ2n) is 5.92. The highest BCUT2D eigenvalue weighted by atomic mass is 127. The Morgan fingerprint density at radius 1 is 0.750 bits per heavy atom. The maximum absolute atomic E-state index is 13.0. The Bertz CT molecular complexity index is 622. The lowest BCUT2D eigenvalue weighted by atomic mass is 9.81. The minimum absolute atomic E-state index is 0.0271. The highest BCUT2D eigenvalue weighted by Crippen LogP contribution is 2.43. The number of hydrogen-bond donors (Lipinski definition) is 2. The molecule has 0 aliphatic heterocycles. The molecule has 0 aliphatic rings. The number of hydrogen-bond acceptors (Lipinski definition) is 2. The van der Waals surface area contributed by atoms with E-state index >= 15 is 0 Å². The van der Waals surface area contributed by atoms with E-state index in [2.05, 4.69) is 0 Å². The summed E-state index contributed by atoms with van der Waals surface area (Å²) in [6, 6.07) is 0.125. The van der Waals surface area contributed by atoms with Crippen molar-refractivity contribution in [2.75, 3.05) is 8.86 Å². The Labute approximate surface area is 180 Å². The molecular weight excluding hydrogens is 637 g/mol. The molecule has 162 valence electrons.